The van der Waals surface area contributed by atoms with Crippen LogP contribution in [0.2, 0.25) is 0 Å². The molecule has 0 N–H and O–H groups in total. The molecule has 0 aliphatic carbocycles. The molecule has 0 heterocycles. The fourth-order valence-corrected chi connectivity index (χ4v) is 0.502. The van der Waals surface area contributed by atoms with Crippen molar-refractivity contribution in [3.05, 3.63) is 51.0 Å². The lowest BCUT2D eigenvalue weighted by Crippen LogP contribution is -1.66. The van der Waals surface area contributed by atoms with Gasteiger partial charge >= 0.3 is 0 Å². The van der Waals surface area contributed by atoms with Gasteiger partial charge in [0.2, 0.25) is 0 Å². The van der Waals surface area contributed by atoms with Gasteiger partial charge in [-0.25, -0.2) is 0 Å². The van der Waals surface area contributed by atoms with Crippen LogP contribution in [-0.4, -0.2) is 0 Å². The Morgan fingerprint density at radius 1 is 1.20 bits per heavy atom. The van der Waals surface area contributed by atoms with Crippen LogP contribution in [0.4, 0.5) is 0 Å². The second kappa shape index (κ2) is 8.48. The maximum absolute atomic E-state index is 3.62. The number of rotatable bonds is 5. The third-order valence-corrected chi connectivity index (χ3v) is 0.984. The lowest BCUT2D eigenvalue weighted by Gasteiger charge is -1.84. The summed E-state index contributed by atoms with van der Waals surface area (Å²) in [5.74, 6) is 0. The lowest BCUT2D eigenvalue weighted by atomic mass is 10.2. The molecule has 0 spiro atoms. The zero-order valence-electron chi connectivity index (χ0n) is 6.22. The highest BCUT2D eigenvalue weighted by Gasteiger charge is 1.75. The first-order valence-corrected chi connectivity index (χ1v) is 3.38. The zero-order valence-corrected chi connectivity index (χ0v) is 6.22. The Balaban J connectivity index is 3.11. The van der Waals surface area contributed by atoms with Crippen LogP contribution in [0.15, 0.2) is 18.2 Å². The second-order valence-electron chi connectivity index (χ2n) is 1.83. The summed E-state index contributed by atoms with van der Waals surface area (Å²) in [5, 5.41) is 0. The van der Waals surface area contributed by atoms with Crippen LogP contribution in [0.1, 0.15) is 12.8 Å². The molecule has 0 aromatic rings. The van der Waals surface area contributed by atoms with Crippen molar-refractivity contribution in [2.45, 2.75) is 12.8 Å². The van der Waals surface area contributed by atoms with Gasteiger partial charge in [-0.15, -0.1) is 0 Å². The standard InChI is InChI=1S/C10H13/c1-3-5-7-9-10-8-6-4-2/h3-4,8-10H,1-2,5,7H2. The number of hydrogen-bond donors (Lipinski definition) is 0. The van der Waals surface area contributed by atoms with Crippen LogP contribution in [-0.2, 0) is 0 Å². The summed E-state index contributed by atoms with van der Waals surface area (Å²) < 4.78 is 0. The maximum atomic E-state index is 3.62. The summed E-state index contributed by atoms with van der Waals surface area (Å²) in [6, 6.07) is 0. The molecule has 0 unspecified atom stereocenters. The first-order valence-electron chi connectivity index (χ1n) is 3.38. The number of unbranched alkanes of at least 4 members (excludes halogenated alkanes) is 2. The highest BCUT2D eigenvalue weighted by atomic mass is 13.8. The van der Waals surface area contributed by atoms with E-state index in [0.29, 0.717) is 0 Å². The Morgan fingerprint density at radius 3 is 2.60 bits per heavy atom. The van der Waals surface area contributed by atoms with Gasteiger partial charge in [0.05, 0.1) is 0 Å². The largest absolute Gasteiger partial charge is 0.0845 e. The van der Waals surface area contributed by atoms with Crippen molar-refractivity contribution in [3.63, 3.8) is 0 Å². The molecule has 0 nitrogen and oxygen atoms in total. The average Bonchev–Trinajstić information content (AvgIpc) is 1.97. The predicted octanol–water partition coefficient (Wildman–Crippen LogP) is 2.76. The molecule has 0 aromatic heterocycles. The Bertz CT molecular complexity index is 98.6. The Morgan fingerprint density at radius 2 is 2.00 bits per heavy atom. The average molecular weight is 133 g/mol. The second-order valence-corrected chi connectivity index (χ2v) is 1.83. The van der Waals surface area contributed by atoms with Gasteiger partial charge in [-0.2, -0.15) is 0 Å². The van der Waals surface area contributed by atoms with Crippen molar-refractivity contribution in [1.29, 1.82) is 0 Å². The lowest BCUT2D eigenvalue weighted by molar-refractivity contribution is 1.00. The molecule has 0 amide bonds. The summed E-state index contributed by atoms with van der Waals surface area (Å²) in [5.41, 5.74) is 0. The summed E-state index contributed by atoms with van der Waals surface area (Å²) in [6.45, 7) is 7.12. The fourth-order valence-electron chi connectivity index (χ4n) is 0.502. The van der Waals surface area contributed by atoms with Gasteiger partial charge in [0.15, 0.2) is 0 Å². The van der Waals surface area contributed by atoms with Crippen molar-refractivity contribution in [3.8, 4) is 0 Å². The molecule has 5 radical (unpaired) electrons. The Kier molecular flexibility index (Phi) is 8.04. The number of allylic oxidation sites excluding steroid dienone is 4. The van der Waals surface area contributed by atoms with E-state index in [-0.39, 0.29) is 0 Å². The molecule has 0 aliphatic heterocycles. The molecule has 0 fully saturated rings. The van der Waals surface area contributed by atoms with Crippen LogP contribution in [0.5, 0.6) is 0 Å². The van der Waals surface area contributed by atoms with Gasteiger partial charge in [0.25, 0.3) is 0 Å². The van der Waals surface area contributed by atoms with E-state index in [1.807, 2.05) is 18.6 Å². The minimum atomic E-state index is 1.04. The summed E-state index contributed by atoms with van der Waals surface area (Å²) in [7, 11) is 0. The van der Waals surface area contributed by atoms with Crippen LogP contribution >= 0.6 is 0 Å². The van der Waals surface area contributed by atoms with Crippen LogP contribution < -0.4 is 0 Å². The van der Waals surface area contributed by atoms with Gasteiger partial charge in [-0.05, 0) is 45.6 Å². The molecular formula is C10H13. The smallest absolute Gasteiger partial charge is 0.00899 e. The van der Waals surface area contributed by atoms with Crippen molar-refractivity contribution >= 4 is 0 Å². The van der Waals surface area contributed by atoms with Gasteiger partial charge in [0.1, 0.15) is 0 Å². The molecule has 0 aromatic carbocycles. The predicted molar refractivity (Wildman–Crippen MR) is 45.5 cm³/mol. The Hall–Kier alpha value is -0.520. The molecule has 0 atom stereocenters. The van der Waals surface area contributed by atoms with E-state index in [2.05, 4.69) is 26.0 Å². The van der Waals surface area contributed by atoms with Crippen molar-refractivity contribution < 1.29 is 0 Å². The Labute approximate surface area is 64.6 Å². The number of hydrogen-bond acceptors (Lipinski definition) is 0. The molecule has 0 saturated heterocycles. The molecule has 53 valence electrons. The minimum Gasteiger partial charge on any atom is -0.0845 e. The molecule has 0 aliphatic rings. The van der Waals surface area contributed by atoms with Gasteiger partial charge < -0.3 is 0 Å². The monoisotopic (exact) mass is 133 g/mol. The van der Waals surface area contributed by atoms with Gasteiger partial charge in [0, 0.05) is 0 Å². The zero-order chi connectivity index (χ0) is 7.66. The molecular weight excluding hydrogens is 120 g/mol. The van der Waals surface area contributed by atoms with E-state index < -0.39 is 0 Å². The van der Waals surface area contributed by atoms with E-state index in [4.69, 9.17) is 0 Å². The van der Waals surface area contributed by atoms with Gasteiger partial charge in [-0.1, -0.05) is 18.2 Å². The molecule has 0 rings (SSSR count). The van der Waals surface area contributed by atoms with Crippen LogP contribution in [0.25, 0.3) is 0 Å². The molecule has 10 heavy (non-hydrogen) atoms. The van der Waals surface area contributed by atoms with E-state index >= 15 is 0 Å². The van der Waals surface area contributed by atoms with E-state index in [0.717, 1.165) is 12.8 Å². The first kappa shape index (κ1) is 9.48. The molecule has 0 bridgehead atoms. The van der Waals surface area contributed by atoms with Crippen LogP contribution in [0.3, 0.4) is 0 Å². The first-order chi connectivity index (χ1) is 4.91. The SMILES string of the molecule is [CH2][CH]/[C]=C/C=CCC[CH][CH2]. The summed E-state index contributed by atoms with van der Waals surface area (Å²) in [6.07, 6.45) is 14.4. The molecule has 0 saturated carbocycles. The van der Waals surface area contributed by atoms with Gasteiger partial charge in [-0.3, -0.25) is 0 Å². The van der Waals surface area contributed by atoms with Crippen LogP contribution in [0, 0.1) is 32.8 Å². The minimum absolute atomic E-state index is 1.04. The topological polar surface area (TPSA) is 0 Å². The van der Waals surface area contributed by atoms with Crippen molar-refractivity contribution in [1.82, 2.24) is 0 Å². The third-order valence-electron chi connectivity index (χ3n) is 0.984. The normalized spacial score (nSPS) is 11.8. The molecule has 0 heteroatoms. The highest BCUT2D eigenvalue weighted by Crippen LogP contribution is 1.93. The summed E-state index contributed by atoms with van der Waals surface area (Å²) in [4.78, 5) is 0. The quantitative estimate of drug-likeness (QED) is 0.399. The van der Waals surface area contributed by atoms with E-state index in [1.54, 1.807) is 6.42 Å². The van der Waals surface area contributed by atoms with E-state index in [9.17, 15) is 0 Å². The van der Waals surface area contributed by atoms with Crippen molar-refractivity contribution in [2.24, 2.45) is 0 Å². The van der Waals surface area contributed by atoms with E-state index in [1.165, 1.54) is 0 Å². The fraction of sp³-hybridized carbons (Fsp3) is 0.200. The maximum Gasteiger partial charge on any atom is -0.00899 e. The van der Waals surface area contributed by atoms with Crippen molar-refractivity contribution in [2.75, 3.05) is 0 Å². The third kappa shape index (κ3) is 7.48. The summed E-state index contributed by atoms with van der Waals surface area (Å²) >= 11 is 0. The highest BCUT2D eigenvalue weighted by molar-refractivity contribution is 5.03.